The Morgan fingerprint density at radius 3 is 2.70 bits per heavy atom. The molecule has 0 unspecified atom stereocenters. The molecule has 0 aliphatic carbocycles. The van der Waals surface area contributed by atoms with Crippen molar-refractivity contribution in [2.45, 2.75) is 11.4 Å². The lowest BCUT2D eigenvalue weighted by molar-refractivity contribution is 0.466. The van der Waals surface area contributed by atoms with Crippen LogP contribution in [0.15, 0.2) is 40.0 Å². The molecule has 0 saturated heterocycles. The molecule has 0 saturated carbocycles. The van der Waals surface area contributed by atoms with Gasteiger partial charge >= 0.3 is 0 Å². The van der Waals surface area contributed by atoms with Crippen LogP contribution in [0.25, 0.3) is 0 Å². The molecule has 2 N–H and O–H groups in total. The van der Waals surface area contributed by atoms with E-state index in [1.807, 2.05) is 0 Å². The minimum Gasteiger partial charge on any atom is -0.398 e. The van der Waals surface area contributed by atoms with Crippen molar-refractivity contribution in [2.24, 2.45) is 7.05 Å². The van der Waals surface area contributed by atoms with Crippen molar-refractivity contribution in [3.8, 4) is 0 Å². The number of aromatic nitrogens is 2. The highest BCUT2D eigenvalue weighted by Crippen LogP contribution is 2.25. The quantitative estimate of drug-likeness (QED) is 0.841. The zero-order valence-electron chi connectivity index (χ0n) is 11.1. The Bertz CT molecular complexity index is 727. The fourth-order valence-corrected chi connectivity index (χ4v) is 3.20. The Balaban J connectivity index is 2.27. The number of sulfonamides is 1. The summed E-state index contributed by atoms with van der Waals surface area (Å²) in [5, 5.41) is 4.02. The van der Waals surface area contributed by atoms with Gasteiger partial charge in [-0.05, 0) is 34.1 Å². The lowest BCUT2D eigenvalue weighted by Crippen LogP contribution is -2.26. The van der Waals surface area contributed by atoms with Crippen molar-refractivity contribution < 1.29 is 8.42 Å². The van der Waals surface area contributed by atoms with Gasteiger partial charge in [0.15, 0.2) is 0 Å². The SMILES string of the molecule is CN(Cc1cnn(C)c1)S(=O)(=O)c1ccc(Br)c(N)c1. The predicted octanol–water partition coefficient (Wildman–Crippen LogP) is 1.59. The number of nitrogens with zero attached hydrogens (tertiary/aromatic N) is 3. The third-order valence-corrected chi connectivity index (χ3v) is 5.36. The third kappa shape index (κ3) is 3.02. The number of nitrogen functional groups attached to an aromatic ring is 1. The van der Waals surface area contributed by atoms with Gasteiger partial charge in [0, 0.05) is 42.6 Å². The van der Waals surface area contributed by atoms with Crippen LogP contribution < -0.4 is 5.73 Å². The first-order valence-electron chi connectivity index (χ1n) is 5.79. The fourth-order valence-electron chi connectivity index (χ4n) is 1.76. The summed E-state index contributed by atoms with van der Waals surface area (Å²) in [6.07, 6.45) is 3.42. The smallest absolute Gasteiger partial charge is 0.243 e. The average Bonchev–Trinajstić information content (AvgIpc) is 2.78. The molecule has 0 amide bonds. The van der Waals surface area contributed by atoms with Crippen LogP contribution in [0.1, 0.15) is 5.56 Å². The topological polar surface area (TPSA) is 81.2 Å². The highest BCUT2D eigenvalue weighted by atomic mass is 79.9. The van der Waals surface area contributed by atoms with Crippen LogP contribution in [0, 0.1) is 0 Å². The summed E-state index contributed by atoms with van der Waals surface area (Å²) in [5.74, 6) is 0. The maximum atomic E-state index is 12.4. The molecule has 0 spiro atoms. The average molecular weight is 359 g/mol. The van der Waals surface area contributed by atoms with Gasteiger partial charge in [0.05, 0.1) is 11.1 Å². The number of aryl methyl sites for hydroxylation is 1. The Labute approximate surface area is 126 Å². The summed E-state index contributed by atoms with van der Waals surface area (Å²) in [5.41, 5.74) is 6.94. The second-order valence-corrected chi connectivity index (χ2v) is 7.37. The van der Waals surface area contributed by atoms with Crippen LogP contribution in [0.3, 0.4) is 0 Å². The first-order valence-corrected chi connectivity index (χ1v) is 8.03. The molecule has 0 aliphatic heterocycles. The number of rotatable bonds is 4. The van der Waals surface area contributed by atoms with Crippen LogP contribution in [-0.4, -0.2) is 29.6 Å². The van der Waals surface area contributed by atoms with Gasteiger partial charge in [-0.15, -0.1) is 0 Å². The van der Waals surface area contributed by atoms with Crippen molar-refractivity contribution >= 4 is 31.6 Å². The van der Waals surface area contributed by atoms with E-state index in [1.165, 1.54) is 23.5 Å². The maximum Gasteiger partial charge on any atom is 0.243 e. The van der Waals surface area contributed by atoms with Crippen LogP contribution >= 0.6 is 15.9 Å². The Morgan fingerprint density at radius 2 is 2.15 bits per heavy atom. The van der Waals surface area contributed by atoms with Gasteiger partial charge in [-0.3, -0.25) is 4.68 Å². The van der Waals surface area contributed by atoms with Gasteiger partial charge in [0.25, 0.3) is 0 Å². The van der Waals surface area contributed by atoms with Gasteiger partial charge in [0.1, 0.15) is 0 Å². The number of nitrogens with two attached hydrogens (primary N) is 1. The van der Waals surface area contributed by atoms with Crippen molar-refractivity contribution in [3.05, 3.63) is 40.6 Å². The van der Waals surface area contributed by atoms with Crippen molar-refractivity contribution in [1.82, 2.24) is 14.1 Å². The first-order chi connectivity index (χ1) is 9.30. The molecule has 0 bridgehead atoms. The van der Waals surface area contributed by atoms with E-state index in [0.717, 1.165) is 5.56 Å². The lowest BCUT2D eigenvalue weighted by atomic mass is 10.3. The fraction of sp³-hybridized carbons (Fsp3) is 0.250. The molecule has 1 heterocycles. The van der Waals surface area contributed by atoms with Crippen molar-refractivity contribution in [3.63, 3.8) is 0 Å². The van der Waals surface area contributed by atoms with Gasteiger partial charge < -0.3 is 5.73 Å². The molecule has 2 rings (SSSR count). The third-order valence-electron chi connectivity index (χ3n) is 2.84. The molecule has 1 aromatic carbocycles. The van der Waals surface area contributed by atoms with E-state index in [-0.39, 0.29) is 11.4 Å². The molecule has 8 heteroatoms. The molecule has 6 nitrogen and oxygen atoms in total. The van der Waals surface area contributed by atoms with Gasteiger partial charge in [-0.2, -0.15) is 9.40 Å². The largest absolute Gasteiger partial charge is 0.398 e. The zero-order chi connectivity index (χ0) is 14.9. The van der Waals surface area contributed by atoms with Crippen LogP contribution in [0.4, 0.5) is 5.69 Å². The van der Waals surface area contributed by atoms with E-state index in [9.17, 15) is 8.42 Å². The minimum atomic E-state index is -3.57. The molecule has 0 fully saturated rings. The Kier molecular flexibility index (Phi) is 4.17. The normalized spacial score (nSPS) is 12.0. The van der Waals surface area contributed by atoms with Gasteiger partial charge in [0.2, 0.25) is 10.0 Å². The summed E-state index contributed by atoms with van der Waals surface area (Å²) < 4.78 is 28.4. The number of hydrogen-bond donors (Lipinski definition) is 1. The second-order valence-electron chi connectivity index (χ2n) is 4.47. The van der Waals surface area contributed by atoms with Gasteiger partial charge in [-0.25, -0.2) is 8.42 Å². The molecule has 0 atom stereocenters. The van der Waals surface area contributed by atoms with Crippen molar-refractivity contribution in [2.75, 3.05) is 12.8 Å². The minimum absolute atomic E-state index is 0.171. The van der Waals surface area contributed by atoms with E-state index in [4.69, 9.17) is 5.73 Å². The van der Waals surface area contributed by atoms with Crippen LogP contribution in [0.2, 0.25) is 0 Å². The molecule has 20 heavy (non-hydrogen) atoms. The molecule has 0 radical (unpaired) electrons. The van der Waals surface area contributed by atoms with E-state index < -0.39 is 10.0 Å². The zero-order valence-corrected chi connectivity index (χ0v) is 13.5. The van der Waals surface area contributed by atoms with E-state index in [2.05, 4.69) is 21.0 Å². The summed E-state index contributed by atoms with van der Waals surface area (Å²) in [4.78, 5) is 0.171. The second kappa shape index (κ2) is 5.55. The van der Waals surface area contributed by atoms with Gasteiger partial charge in [-0.1, -0.05) is 0 Å². The first kappa shape index (κ1) is 15.0. The summed E-state index contributed by atoms with van der Waals surface area (Å²) >= 11 is 3.25. The number of halogens is 1. The molecule has 0 aliphatic rings. The van der Waals surface area contributed by atoms with Crippen molar-refractivity contribution in [1.29, 1.82) is 0 Å². The molecular weight excluding hydrogens is 344 g/mol. The molecule has 2 aromatic rings. The number of benzene rings is 1. The summed E-state index contributed by atoms with van der Waals surface area (Å²) in [6.45, 7) is 0.256. The summed E-state index contributed by atoms with van der Waals surface area (Å²) in [7, 11) is -0.258. The van der Waals surface area contributed by atoms with E-state index in [1.54, 1.807) is 30.2 Å². The lowest BCUT2D eigenvalue weighted by Gasteiger charge is -2.16. The highest BCUT2D eigenvalue weighted by Gasteiger charge is 2.21. The highest BCUT2D eigenvalue weighted by molar-refractivity contribution is 9.10. The maximum absolute atomic E-state index is 12.4. The van der Waals surface area contributed by atoms with E-state index in [0.29, 0.717) is 10.2 Å². The Hall–Kier alpha value is -1.38. The number of hydrogen-bond acceptors (Lipinski definition) is 4. The van der Waals surface area contributed by atoms with E-state index >= 15 is 0 Å². The predicted molar refractivity (Wildman–Crippen MR) is 80.4 cm³/mol. The van der Waals surface area contributed by atoms with Crippen LogP contribution in [0.5, 0.6) is 0 Å². The summed E-state index contributed by atoms with van der Waals surface area (Å²) in [6, 6.07) is 4.59. The molecular formula is C12H15BrN4O2S. The number of anilines is 1. The Morgan fingerprint density at radius 1 is 1.45 bits per heavy atom. The molecule has 108 valence electrons. The standard InChI is InChI=1S/C12H15BrN4O2S/c1-16-7-9(6-15-16)8-17(2)20(18,19)10-3-4-11(13)12(14)5-10/h3-7H,8,14H2,1-2H3. The molecule has 1 aromatic heterocycles. The van der Waals surface area contributed by atoms with Crippen LogP contribution in [-0.2, 0) is 23.6 Å². The monoisotopic (exact) mass is 358 g/mol.